The molecule has 0 aromatic heterocycles. The molecule has 26 heavy (non-hydrogen) atoms. The summed E-state index contributed by atoms with van der Waals surface area (Å²) in [6.45, 7) is 1.96. The minimum atomic E-state index is -0.266. The second kappa shape index (κ2) is 6.65. The first-order valence-corrected chi connectivity index (χ1v) is 8.91. The highest BCUT2D eigenvalue weighted by molar-refractivity contribution is 6.21. The number of hydrogen-bond donors (Lipinski definition) is 0. The highest BCUT2D eigenvalue weighted by Crippen LogP contribution is 2.33. The number of ether oxygens (including phenoxy) is 1. The van der Waals surface area contributed by atoms with Gasteiger partial charge in [-0.2, -0.15) is 0 Å². The van der Waals surface area contributed by atoms with Crippen LogP contribution >= 0.6 is 0 Å². The molecule has 2 aliphatic heterocycles. The fourth-order valence-corrected chi connectivity index (χ4v) is 3.70. The number of halogens is 1. The Morgan fingerprint density at radius 1 is 1.08 bits per heavy atom. The maximum absolute atomic E-state index is 13.9. The van der Waals surface area contributed by atoms with Crippen LogP contribution in [-0.4, -0.2) is 29.4 Å². The van der Waals surface area contributed by atoms with Crippen molar-refractivity contribution in [3.8, 4) is 0 Å². The predicted octanol–water partition coefficient (Wildman–Crippen LogP) is 4.04. The zero-order valence-corrected chi connectivity index (χ0v) is 14.6. The lowest BCUT2D eigenvalue weighted by Gasteiger charge is -2.32. The van der Waals surface area contributed by atoms with Gasteiger partial charge in [0.15, 0.2) is 0 Å². The molecule has 2 aromatic carbocycles. The van der Waals surface area contributed by atoms with Gasteiger partial charge in [0.25, 0.3) is 11.8 Å². The number of benzene rings is 2. The van der Waals surface area contributed by atoms with Gasteiger partial charge >= 0.3 is 0 Å². The third-order valence-corrected chi connectivity index (χ3v) is 5.18. The van der Waals surface area contributed by atoms with Gasteiger partial charge in [-0.1, -0.05) is 24.3 Å². The van der Waals surface area contributed by atoms with Crippen LogP contribution in [0.3, 0.4) is 0 Å². The molecule has 0 bridgehead atoms. The van der Waals surface area contributed by atoms with Crippen molar-refractivity contribution in [3.63, 3.8) is 0 Å². The number of aryl methyl sites for hydroxylation is 1. The molecule has 134 valence electrons. The van der Waals surface area contributed by atoms with Crippen LogP contribution in [0, 0.1) is 12.7 Å². The SMILES string of the molecule is Cc1ccc([C@H]2CCC[C@@H](CN3C(=O)c4ccccc4C3=O)O2)cc1F. The molecule has 0 saturated carbocycles. The Kier molecular flexibility index (Phi) is 4.32. The Labute approximate surface area is 151 Å². The molecule has 5 heteroatoms. The fraction of sp³-hybridized carbons (Fsp3) is 0.333. The molecule has 0 spiro atoms. The average Bonchev–Trinajstić information content (AvgIpc) is 2.90. The summed E-state index contributed by atoms with van der Waals surface area (Å²) in [4.78, 5) is 26.3. The minimum Gasteiger partial charge on any atom is -0.368 e. The Balaban J connectivity index is 1.48. The van der Waals surface area contributed by atoms with E-state index < -0.39 is 0 Å². The van der Waals surface area contributed by atoms with Gasteiger partial charge in [-0.25, -0.2) is 4.39 Å². The first kappa shape index (κ1) is 16.9. The van der Waals surface area contributed by atoms with Gasteiger partial charge in [-0.3, -0.25) is 14.5 Å². The number of amides is 2. The molecule has 0 N–H and O–H groups in total. The summed E-state index contributed by atoms with van der Waals surface area (Å²) in [6, 6.07) is 12.0. The second-order valence-corrected chi connectivity index (χ2v) is 6.95. The van der Waals surface area contributed by atoms with Crippen LogP contribution in [0.2, 0.25) is 0 Å². The average molecular weight is 353 g/mol. The van der Waals surface area contributed by atoms with Gasteiger partial charge in [-0.15, -0.1) is 0 Å². The van der Waals surface area contributed by atoms with Gasteiger partial charge in [0.05, 0.1) is 29.9 Å². The normalized spacial score (nSPS) is 22.6. The third kappa shape index (κ3) is 2.92. The second-order valence-electron chi connectivity index (χ2n) is 6.95. The number of hydrogen-bond acceptors (Lipinski definition) is 3. The third-order valence-electron chi connectivity index (χ3n) is 5.18. The molecular weight excluding hydrogens is 333 g/mol. The van der Waals surface area contributed by atoms with E-state index >= 15 is 0 Å². The van der Waals surface area contributed by atoms with Crippen molar-refractivity contribution in [2.24, 2.45) is 0 Å². The van der Waals surface area contributed by atoms with Crippen LogP contribution in [-0.2, 0) is 4.74 Å². The topological polar surface area (TPSA) is 46.6 Å². The van der Waals surface area contributed by atoms with Gasteiger partial charge in [0.1, 0.15) is 5.82 Å². The molecule has 2 atom stereocenters. The molecule has 0 aliphatic carbocycles. The monoisotopic (exact) mass is 353 g/mol. The summed E-state index contributed by atoms with van der Waals surface area (Å²) < 4.78 is 20.0. The highest BCUT2D eigenvalue weighted by atomic mass is 19.1. The summed E-state index contributed by atoms with van der Waals surface area (Å²) >= 11 is 0. The van der Waals surface area contributed by atoms with Crippen LogP contribution in [0.25, 0.3) is 0 Å². The van der Waals surface area contributed by atoms with Crippen molar-refractivity contribution < 1.29 is 18.7 Å². The molecule has 4 rings (SSSR count). The van der Waals surface area contributed by atoms with Crippen LogP contribution in [0.5, 0.6) is 0 Å². The molecule has 1 saturated heterocycles. The Morgan fingerprint density at radius 3 is 2.42 bits per heavy atom. The van der Waals surface area contributed by atoms with Crippen LogP contribution < -0.4 is 0 Å². The smallest absolute Gasteiger partial charge is 0.261 e. The van der Waals surface area contributed by atoms with Crippen molar-refractivity contribution >= 4 is 11.8 Å². The van der Waals surface area contributed by atoms with Crippen molar-refractivity contribution in [3.05, 3.63) is 70.5 Å². The lowest BCUT2D eigenvalue weighted by Crippen LogP contribution is -2.39. The first-order valence-electron chi connectivity index (χ1n) is 8.91. The number of nitrogens with zero attached hydrogens (tertiary/aromatic N) is 1. The number of carbonyl (C=O) groups is 2. The van der Waals surface area contributed by atoms with E-state index in [1.54, 1.807) is 37.3 Å². The molecule has 2 heterocycles. The maximum Gasteiger partial charge on any atom is 0.261 e. The minimum absolute atomic E-state index is 0.209. The molecule has 2 aromatic rings. The van der Waals surface area contributed by atoms with E-state index in [0.717, 1.165) is 24.8 Å². The van der Waals surface area contributed by atoms with Crippen molar-refractivity contribution in [1.82, 2.24) is 4.90 Å². The van der Waals surface area contributed by atoms with E-state index in [1.165, 1.54) is 11.0 Å². The van der Waals surface area contributed by atoms with Crippen LogP contribution in [0.4, 0.5) is 4.39 Å². The molecule has 2 aliphatic rings. The van der Waals surface area contributed by atoms with E-state index in [-0.39, 0.29) is 36.4 Å². The summed E-state index contributed by atoms with van der Waals surface area (Å²) in [5.41, 5.74) is 2.31. The zero-order valence-electron chi connectivity index (χ0n) is 14.6. The summed E-state index contributed by atoms with van der Waals surface area (Å²) in [5.74, 6) is -0.774. The lowest BCUT2D eigenvalue weighted by molar-refractivity contribution is -0.0588. The predicted molar refractivity (Wildman–Crippen MR) is 94.4 cm³/mol. The summed E-state index contributed by atoms with van der Waals surface area (Å²) in [6.07, 6.45) is 2.05. The lowest BCUT2D eigenvalue weighted by atomic mass is 9.97. The molecule has 4 nitrogen and oxygen atoms in total. The van der Waals surface area contributed by atoms with E-state index in [2.05, 4.69) is 0 Å². The van der Waals surface area contributed by atoms with Crippen molar-refractivity contribution in [2.45, 2.75) is 38.4 Å². The van der Waals surface area contributed by atoms with Gasteiger partial charge in [-0.05, 0) is 55.5 Å². The van der Waals surface area contributed by atoms with Gasteiger partial charge in [0, 0.05) is 0 Å². The fourth-order valence-electron chi connectivity index (χ4n) is 3.70. The number of fused-ring (bicyclic) bond motifs is 1. The van der Waals surface area contributed by atoms with Crippen molar-refractivity contribution in [2.75, 3.05) is 6.54 Å². The van der Waals surface area contributed by atoms with Gasteiger partial charge < -0.3 is 4.74 Å². The van der Waals surface area contributed by atoms with E-state index in [4.69, 9.17) is 4.74 Å². The quantitative estimate of drug-likeness (QED) is 0.783. The standard InChI is InChI=1S/C21H20FNO3/c1-13-9-10-14(11-18(13)22)19-8-4-5-15(26-19)12-23-20(24)16-6-2-3-7-17(16)21(23)25/h2-3,6-7,9-11,15,19H,4-5,8,12H2,1H3/t15-,19+/m0/s1. The first-order chi connectivity index (χ1) is 12.5. The molecular formula is C21H20FNO3. The van der Waals surface area contributed by atoms with Gasteiger partial charge in [0.2, 0.25) is 0 Å². The van der Waals surface area contributed by atoms with Crippen molar-refractivity contribution in [1.29, 1.82) is 0 Å². The van der Waals surface area contributed by atoms with E-state index in [1.807, 2.05) is 6.07 Å². The molecule has 0 radical (unpaired) electrons. The summed E-state index contributed by atoms with van der Waals surface area (Å²) in [7, 11) is 0. The highest BCUT2D eigenvalue weighted by Gasteiger charge is 2.37. The zero-order chi connectivity index (χ0) is 18.3. The number of carbonyl (C=O) groups excluding carboxylic acids is 2. The van der Waals surface area contributed by atoms with Crippen LogP contribution in [0.15, 0.2) is 42.5 Å². The summed E-state index contributed by atoms with van der Waals surface area (Å²) in [5, 5.41) is 0. The Hall–Kier alpha value is -2.53. The molecule has 2 amide bonds. The molecule has 1 fully saturated rings. The molecule has 0 unspecified atom stereocenters. The van der Waals surface area contributed by atoms with Crippen LogP contribution in [0.1, 0.15) is 57.2 Å². The maximum atomic E-state index is 13.9. The van der Waals surface area contributed by atoms with E-state index in [0.29, 0.717) is 16.7 Å². The Bertz CT molecular complexity index is 844. The van der Waals surface area contributed by atoms with E-state index in [9.17, 15) is 14.0 Å². The number of rotatable bonds is 3. The number of imide groups is 1. The largest absolute Gasteiger partial charge is 0.368 e. The Morgan fingerprint density at radius 2 is 1.77 bits per heavy atom.